The average Bonchev–Trinajstić information content (AvgIpc) is 2.38. The van der Waals surface area contributed by atoms with Crippen LogP contribution in [0, 0.1) is 11.3 Å². The van der Waals surface area contributed by atoms with Crippen molar-refractivity contribution in [1.82, 2.24) is 10.2 Å². The predicted octanol–water partition coefficient (Wildman–Crippen LogP) is 1.41. The largest absolute Gasteiger partial charge is 0.305 e. The maximum atomic E-state index is 11.1. The first kappa shape index (κ1) is 19.4. The minimum atomic E-state index is -2.88. The van der Waals surface area contributed by atoms with Gasteiger partial charge in [0.2, 0.25) is 0 Å². The molecule has 0 aliphatic carbocycles. The summed E-state index contributed by atoms with van der Waals surface area (Å²) in [6, 6.07) is 2.34. The molecule has 6 heteroatoms. The standard InChI is InChI=1S/C14H29N3O2S/c1-5-9-16-14(2,13-15)8-6-7-10-17(3)11-12-20(4,18)19/h16H,5-12H2,1-4H3. The topological polar surface area (TPSA) is 73.2 Å². The number of sulfone groups is 1. The number of rotatable bonds is 11. The van der Waals surface area contributed by atoms with Gasteiger partial charge in [-0.25, -0.2) is 8.42 Å². The number of nitrogens with one attached hydrogen (secondary N) is 1. The third-order valence-electron chi connectivity index (χ3n) is 3.32. The van der Waals surface area contributed by atoms with Crippen LogP contribution < -0.4 is 5.32 Å². The summed E-state index contributed by atoms with van der Waals surface area (Å²) in [4.78, 5) is 2.03. The van der Waals surface area contributed by atoms with Crippen molar-refractivity contribution >= 4 is 9.84 Å². The fourth-order valence-corrected chi connectivity index (χ4v) is 2.52. The number of hydrogen-bond donors (Lipinski definition) is 1. The molecule has 0 rings (SSSR count). The van der Waals surface area contributed by atoms with Crippen LogP contribution >= 0.6 is 0 Å². The van der Waals surface area contributed by atoms with Crippen LogP contribution in [0.3, 0.4) is 0 Å². The molecule has 0 aliphatic rings. The van der Waals surface area contributed by atoms with Gasteiger partial charge in [-0.15, -0.1) is 0 Å². The van der Waals surface area contributed by atoms with E-state index in [1.54, 1.807) is 0 Å². The molecular formula is C14H29N3O2S. The van der Waals surface area contributed by atoms with Gasteiger partial charge in [-0.2, -0.15) is 5.26 Å². The summed E-state index contributed by atoms with van der Waals surface area (Å²) in [5.41, 5.74) is -0.443. The molecule has 1 atom stereocenters. The highest BCUT2D eigenvalue weighted by Gasteiger charge is 2.21. The monoisotopic (exact) mass is 303 g/mol. The Morgan fingerprint density at radius 1 is 1.30 bits per heavy atom. The summed E-state index contributed by atoms with van der Waals surface area (Å²) in [5.74, 6) is 0.206. The molecule has 0 radical (unpaired) electrons. The summed E-state index contributed by atoms with van der Waals surface area (Å²) in [7, 11) is -0.947. The lowest BCUT2D eigenvalue weighted by atomic mass is 9.96. The third-order valence-corrected chi connectivity index (χ3v) is 4.25. The second kappa shape index (κ2) is 9.32. The van der Waals surface area contributed by atoms with Crippen molar-refractivity contribution in [2.45, 2.75) is 45.1 Å². The smallest absolute Gasteiger partial charge is 0.148 e. The Labute approximate surface area is 124 Å². The lowest BCUT2D eigenvalue weighted by Crippen LogP contribution is -2.41. The first-order chi connectivity index (χ1) is 9.22. The second-order valence-corrected chi connectivity index (χ2v) is 8.02. The Kier molecular flexibility index (Phi) is 9.03. The molecular weight excluding hydrogens is 274 g/mol. The van der Waals surface area contributed by atoms with Crippen molar-refractivity contribution < 1.29 is 8.42 Å². The van der Waals surface area contributed by atoms with E-state index in [9.17, 15) is 13.7 Å². The summed E-state index contributed by atoms with van der Waals surface area (Å²) >= 11 is 0. The molecule has 0 spiro atoms. The van der Waals surface area contributed by atoms with E-state index in [0.717, 1.165) is 38.8 Å². The third kappa shape index (κ3) is 10.2. The Hall–Kier alpha value is -0.640. The predicted molar refractivity (Wildman–Crippen MR) is 83.4 cm³/mol. The highest BCUT2D eigenvalue weighted by atomic mass is 32.2. The molecule has 0 aromatic rings. The highest BCUT2D eigenvalue weighted by Crippen LogP contribution is 2.13. The molecule has 20 heavy (non-hydrogen) atoms. The summed E-state index contributed by atoms with van der Waals surface area (Å²) in [5, 5.41) is 12.5. The summed E-state index contributed by atoms with van der Waals surface area (Å²) in [6.07, 6.45) is 5.04. The number of nitrogens with zero attached hydrogens (tertiary/aromatic N) is 2. The normalized spacial score (nSPS) is 15.0. The Balaban J connectivity index is 3.86. The quantitative estimate of drug-likeness (QED) is 0.584. The van der Waals surface area contributed by atoms with Crippen molar-refractivity contribution in [3.05, 3.63) is 0 Å². The Morgan fingerprint density at radius 2 is 1.95 bits per heavy atom. The van der Waals surface area contributed by atoms with Gasteiger partial charge < -0.3 is 4.90 Å². The molecule has 0 bridgehead atoms. The summed E-state index contributed by atoms with van der Waals surface area (Å²) < 4.78 is 22.1. The van der Waals surface area contributed by atoms with Gasteiger partial charge in [-0.1, -0.05) is 6.92 Å². The maximum absolute atomic E-state index is 11.1. The van der Waals surface area contributed by atoms with E-state index >= 15 is 0 Å². The SMILES string of the molecule is CCCNC(C)(C#N)CCCCN(C)CCS(C)(=O)=O. The molecule has 0 aliphatic heterocycles. The fourth-order valence-electron chi connectivity index (χ4n) is 1.88. The van der Waals surface area contributed by atoms with Gasteiger partial charge in [-0.3, -0.25) is 5.32 Å². The Bertz CT molecular complexity index is 403. The minimum Gasteiger partial charge on any atom is -0.305 e. The van der Waals surface area contributed by atoms with E-state index < -0.39 is 15.4 Å². The molecule has 0 saturated carbocycles. The molecule has 5 nitrogen and oxygen atoms in total. The number of hydrogen-bond acceptors (Lipinski definition) is 5. The second-order valence-electron chi connectivity index (χ2n) is 5.76. The molecule has 1 unspecified atom stereocenters. The van der Waals surface area contributed by atoms with Crippen LogP contribution in [0.15, 0.2) is 0 Å². The molecule has 0 heterocycles. The van der Waals surface area contributed by atoms with Gasteiger partial charge >= 0.3 is 0 Å². The molecule has 0 amide bonds. The van der Waals surface area contributed by atoms with E-state index in [1.165, 1.54) is 6.26 Å². The number of unbranched alkanes of at least 4 members (excludes halogenated alkanes) is 1. The zero-order valence-electron chi connectivity index (χ0n) is 13.3. The lowest BCUT2D eigenvalue weighted by Gasteiger charge is -2.23. The van der Waals surface area contributed by atoms with E-state index in [1.807, 2.05) is 18.9 Å². The van der Waals surface area contributed by atoms with Gasteiger partial charge in [-0.05, 0) is 52.7 Å². The van der Waals surface area contributed by atoms with Crippen LogP contribution in [0.2, 0.25) is 0 Å². The molecule has 118 valence electrons. The lowest BCUT2D eigenvalue weighted by molar-refractivity contribution is 0.328. The van der Waals surface area contributed by atoms with Crippen molar-refractivity contribution in [2.75, 3.05) is 38.7 Å². The van der Waals surface area contributed by atoms with Gasteiger partial charge in [0.05, 0.1) is 11.8 Å². The van der Waals surface area contributed by atoms with E-state index in [0.29, 0.717) is 6.54 Å². The van der Waals surface area contributed by atoms with E-state index in [2.05, 4.69) is 18.3 Å². The van der Waals surface area contributed by atoms with Crippen LogP contribution in [-0.4, -0.2) is 57.5 Å². The van der Waals surface area contributed by atoms with Gasteiger partial charge in [0.15, 0.2) is 0 Å². The summed E-state index contributed by atoms with van der Waals surface area (Å²) in [6.45, 7) is 6.32. The fraction of sp³-hybridized carbons (Fsp3) is 0.929. The molecule has 0 fully saturated rings. The zero-order valence-corrected chi connectivity index (χ0v) is 14.1. The highest BCUT2D eigenvalue weighted by molar-refractivity contribution is 7.90. The van der Waals surface area contributed by atoms with Crippen LogP contribution in [-0.2, 0) is 9.84 Å². The van der Waals surface area contributed by atoms with Gasteiger partial charge in [0.1, 0.15) is 15.4 Å². The van der Waals surface area contributed by atoms with Crippen molar-refractivity contribution in [1.29, 1.82) is 5.26 Å². The molecule has 0 saturated heterocycles. The van der Waals surface area contributed by atoms with Crippen LogP contribution in [0.1, 0.15) is 39.5 Å². The van der Waals surface area contributed by atoms with E-state index in [4.69, 9.17) is 0 Å². The first-order valence-electron chi connectivity index (χ1n) is 7.25. The van der Waals surface area contributed by atoms with Gasteiger partial charge in [0.25, 0.3) is 0 Å². The minimum absolute atomic E-state index is 0.206. The average molecular weight is 303 g/mol. The van der Waals surface area contributed by atoms with Crippen molar-refractivity contribution in [3.63, 3.8) is 0 Å². The van der Waals surface area contributed by atoms with Crippen molar-refractivity contribution in [3.8, 4) is 6.07 Å². The van der Waals surface area contributed by atoms with Crippen LogP contribution in [0.4, 0.5) is 0 Å². The van der Waals surface area contributed by atoms with E-state index in [-0.39, 0.29) is 5.75 Å². The molecule has 1 N–H and O–H groups in total. The molecule has 0 aromatic carbocycles. The Morgan fingerprint density at radius 3 is 2.45 bits per heavy atom. The van der Waals surface area contributed by atoms with Crippen molar-refractivity contribution in [2.24, 2.45) is 0 Å². The first-order valence-corrected chi connectivity index (χ1v) is 9.31. The molecule has 0 aromatic heterocycles. The van der Waals surface area contributed by atoms with Crippen LogP contribution in [0.25, 0.3) is 0 Å². The maximum Gasteiger partial charge on any atom is 0.148 e. The van der Waals surface area contributed by atoms with Crippen LogP contribution in [0.5, 0.6) is 0 Å². The number of nitriles is 1. The zero-order chi connectivity index (χ0) is 15.6. The van der Waals surface area contributed by atoms with Gasteiger partial charge in [0, 0.05) is 12.8 Å².